The monoisotopic (exact) mass is 744 g/mol. The van der Waals surface area contributed by atoms with Crippen molar-refractivity contribution in [3.63, 3.8) is 0 Å². The highest BCUT2D eigenvalue weighted by Gasteiger charge is 2.17. The maximum atomic E-state index is 12.8. The minimum Gasteiger partial charge on any atom is -0.462 e. The Balaban J connectivity index is 5.37. The Morgan fingerprint density at radius 1 is 0.404 bits per heavy atom. The Morgan fingerprint density at radius 3 is 0.846 bits per heavy atom. The minimum atomic E-state index is -0.00940. The van der Waals surface area contributed by atoms with Crippen molar-refractivity contribution in [1.29, 1.82) is 0 Å². The van der Waals surface area contributed by atoms with Crippen molar-refractivity contribution in [2.75, 3.05) is 169 Å². The lowest BCUT2D eigenvalue weighted by molar-refractivity contribution is -0.870. The highest BCUT2D eigenvalue weighted by atomic mass is 16.2. The number of amides is 4. The predicted molar refractivity (Wildman–Crippen MR) is 213 cm³/mol. The van der Waals surface area contributed by atoms with Gasteiger partial charge in [0.1, 0.15) is 0 Å². The van der Waals surface area contributed by atoms with E-state index < -0.39 is 0 Å². The third kappa shape index (κ3) is 34.7. The number of rotatable bonds is 31. The van der Waals surface area contributed by atoms with Gasteiger partial charge in [0, 0.05) is 131 Å². The summed E-state index contributed by atoms with van der Waals surface area (Å²) in [7, 11) is 27.4. The second kappa shape index (κ2) is 25.6. The summed E-state index contributed by atoms with van der Waals surface area (Å²) in [6.07, 6.45) is 4.94. The Hall–Kier alpha value is -2.36. The molecule has 14 heteroatoms. The summed E-state index contributed by atoms with van der Waals surface area (Å²) < 4.78 is 3.16. The molecule has 0 radical (unpaired) electrons. The lowest BCUT2D eigenvalue weighted by Crippen LogP contribution is -2.42. The van der Waals surface area contributed by atoms with Crippen LogP contribution in [0.2, 0.25) is 0 Å². The molecule has 0 saturated heterocycles. The highest BCUT2D eigenvalue weighted by Crippen LogP contribution is 2.03. The van der Waals surface area contributed by atoms with Crippen molar-refractivity contribution < 1.29 is 37.1 Å². The first-order valence-corrected chi connectivity index (χ1v) is 19.5. The van der Waals surface area contributed by atoms with E-state index in [0.717, 1.165) is 65.3 Å². The SMILES string of the molecule is [CH2-][N+](C)(C)CCCNC(=O)CCN(CCC(=O)NCCC[N+](C)(C)C)CCN(CCC(=O)NCCC[N+](C)(C)C)CCC(=O)NCCC[N+](C)(C)C. The molecule has 0 aromatic rings. The van der Waals surface area contributed by atoms with Crippen LogP contribution in [0.4, 0.5) is 0 Å². The first-order chi connectivity index (χ1) is 23.9. The number of carbonyl (C=O) groups excluding carboxylic acids is 4. The van der Waals surface area contributed by atoms with Crippen LogP contribution in [0.3, 0.4) is 0 Å². The molecule has 0 unspecified atom stereocenters. The van der Waals surface area contributed by atoms with Crippen LogP contribution < -0.4 is 21.3 Å². The zero-order valence-corrected chi connectivity index (χ0v) is 35.6. The van der Waals surface area contributed by atoms with Crippen LogP contribution in [0.1, 0.15) is 51.4 Å². The van der Waals surface area contributed by atoms with E-state index in [1.807, 2.05) is 14.1 Å². The van der Waals surface area contributed by atoms with E-state index in [9.17, 15) is 19.2 Å². The molecule has 0 atom stereocenters. The molecule has 4 N–H and O–H groups in total. The van der Waals surface area contributed by atoms with Crippen LogP contribution in [0.25, 0.3) is 0 Å². The number of hydrogen-bond acceptors (Lipinski definition) is 6. The number of carbonyl (C=O) groups is 4. The number of nitrogens with one attached hydrogen (secondary N) is 4. The fourth-order valence-corrected chi connectivity index (χ4v) is 5.42. The molecule has 14 nitrogen and oxygen atoms in total. The Kier molecular flexibility index (Phi) is 24.5. The van der Waals surface area contributed by atoms with E-state index in [-0.39, 0.29) is 23.6 Å². The third-order valence-corrected chi connectivity index (χ3v) is 8.60. The summed E-state index contributed by atoms with van der Waals surface area (Å²) >= 11 is 0. The zero-order chi connectivity index (χ0) is 39.8. The maximum absolute atomic E-state index is 12.8. The molecule has 0 heterocycles. The molecule has 306 valence electrons. The number of quaternary nitrogens is 4. The van der Waals surface area contributed by atoms with Crippen molar-refractivity contribution in [3.8, 4) is 0 Å². The molecule has 0 aliphatic carbocycles. The van der Waals surface area contributed by atoms with Crippen LogP contribution in [-0.4, -0.2) is 221 Å². The average molecular weight is 744 g/mol. The molecule has 0 aromatic heterocycles. The van der Waals surface area contributed by atoms with E-state index >= 15 is 0 Å². The van der Waals surface area contributed by atoms with Gasteiger partial charge in [-0.3, -0.25) is 19.2 Å². The molecule has 0 rings (SSSR count). The smallest absolute Gasteiger partial charge is 0.221 e. The fourth-order valence-electron chi connectivity index (χ4n) is 5.42. The van der Waals surface area contributed by atoms with Crippen molar-refractivity contribution in [3.05, 3.63) is 7.05 Å². The summed E-state index contributed by atoms with van der Waals surface area (Å²) in [4.78, 5) is 55.3. The summed E-state index contributed by atoms with van der Waals surface area (Å²) in [6, 6.07) is 0. The Labute approximate surface area is 318 Å². The van der Waals surface area contributed by atoms with Gasteiger partial charge < -0.3 is 49.0 Å². The lowest BCUT2D eigenvalue weighted by atomic mass is 10.2. The van der Waals surface area contributed by atoms with Gasteiger partial charge in [-0.1, -0.05) is 0 Å². The number of nitrogens with zero attached hydrogens (tertiary/aromatic N) is 6. The molecule has 0 aliphatic rings. The topological polar surface area (TPSA) is 123 Å². The van der Waals surface area contributed by atoms with Gasteiger partial charge in [-0.25, -0.2) is 0 Å². The molecule has 0 spiro atoms. The number of hydrogen-bond donors (Lipinski definition) is 4. The maximum Gasteiger partial charge on any atom is 0.221 e. The first-order valence-electron chi connectivity index (χ1n) is 19.5. The van der Waals surface area contributed by atoms with Gasteiger partial charge in [-0.05, 0) is 0 Å². The Bertz CT molecular complexity index is 857. The lowest BCUT2D eigenvalue weighted by Gasteiger charge is -2.32. The summed E-state index contributed by atoms with van der Waals surface area (Å²) in [5.74, 6) is 0.00988. The minimum absolute atomic E-state index is 0.00509. The van der Waals surface area contributed by atoms with Crippen molar-refractivity contribution in [2.24, 2.45) is 0 Å². The van der Waals surface area contributed by atoms with Gasteiger partial charge in [0.25, 0.3) is 0 Å². The second-order valence-corrected chi connectivity index (χ2v) is 18.2. The molecule has 4 amide bonds. The van der Waals surface area contributed by atoms with E-state index in [4.69, 9.17) is 0 Å². The van der Waals surface area contributed by atoms with Gasteiger partial charge in [-0.2, -0.15) is 0 Å². The molecular weight excluding hydrogens is 660 g/mol. The summed E-state index contributed by atoms with van der Waals surface area (Å²) in [5.41, 5.74) is 0. The van der Waals surface area contributed by atoms with Crippen LogP contribution in [0.15, 0.2) is 0 Å². The second-order valence-electron chi connectivity index (χ2n) is 18.2. The summed E-state index contributed by atoms with van der Waals surface area (Å²) in [5, 5.41) is 12.2. The normalized spacial score (nSPS) is 12.7. The van der Waals surface area contributed by atoms with Crippen LogP contribution in [0, 0.1) is 7.05 Å². The van der Waals surface area contributed by atoms with E-state index in [1.54, 1.807) is 0 Å². The van der Waals surface area contributed by atoms with Crippen molar-refractivity contribution in [1.82, 2.24) is 31.1 Å². The standard InChI is InChI=1S/C38H80N10O4/c1-45(2,3)31-13-21-39-35(49)17-25-43(26-18-36(50)40-22-14-32-46(4,5)6)29-30-44(27-19-37(51)41-23-15-33-47(7,8)9)28-20-38(52)42-24-16-34-48(10,11)12/h1,13-34H2,2-12H3,(H-3,39,40,41,42,49,50,51,52)/p+3. The predicted octanol–water partition coefficient (Wildman–Crippen LogP) is 0.163. The van der Waals surface area contributed by atoms with Gasteiger partial charge in [0.05, 0.1) is 89.6 Å². The van der Waals surface area contributed by atoms with Gasteiger partial charge in [-0.15, -0.1) is 7.05 Å². The zero-order valence-electron chi connectivity index (χ0n) is 35.6. The highest BCUT2D eigenvalue weighted by molar-refractivity contribution is 5.77. The first kappa shape index (κ1) is 49.6. The largest absolute Gasteiger partial charge is 0.462 e. The molecule has 0 fully saturated rings. The van der Waals surface area contributed by atoms with E-state index in [1.165, 1.54) is 0 Å². The fraction of sp³-hybridized carbons (Fsp3) is 0.868. The van der Waals surface area contributed by atoms with Crippen molar-refractivity contribution in [2.45, 2.75) is 51.4 Å². The van der Waals surface area contributed by atoms with E-state index in [2.05, 4.69) is 102 Å². The molecule has 52 heavy (non-hydrogen) atoms. The van der Waals surface area contributed by atoms with E-state index in [0.29, 0.717) is 95.6 Å². The van der Waals surface area contributed by atoms with Gasteiger partial charge >= 0.3 is 0 Å². The quantitative estimate of drug-likeness (QED) is 0.0457. The molecule has 0 saturated carbocycles. The van der Waals surface area contributed by atoms with Crippen LogP contribution >= 0.6 is 0 Å². The summed E-state index contributed by atoms with van der Waals surface area (Å²) in [6.45, 7) is 9.66. The molecule has 0 bridgehead atoms. The molecule has 0 aliphatic heterocycles. The van der Waals surface area contributed by atoms with Crippen molar-refractivity contribution >= 4 is 23.6 Å². The van der Waals surface area contributed by atoms with Crippen LogP contribution in [-0.2, 0) is 19.2 Å². The van der Waals surface area contributed by atoms with Crippen LogP contribution in [0.5, 0.6) is 0 Å². The van der Waals surface area contributed by atoms with Gasteiger partial charge in [0.15, 0.2) is 0 Å². The van der Waals surface area contributed by atoms with Gasteiger partial charge in [0.2, 0.25) is 23.6 Å². The molecule has 0 aromatic carbocycles. The third-order valence-electron chi connectivity index (χ3n) is 8.60. The molecular formula is C38H83N10O4+3. The average Bonchev–Trinajstić information content (AvgIpc) is 3.00. The Morgan fingerprint density at radius 2 is 0.635 bits per heavy atom.